The topological polar surface area (TPSA) is 55.1 Å². The summed E-state index contributed by atoms with van der Waals surface area (Å²) in [7, 11) is 0. The minimum Gasteiger partial charge on any atom is -0.481 e. The maximum Gasteiger partial charge on any atom is 0.303 e. The molecule has 1 heterocycles. The molecule has 4 nitrogen and oxygen atoms in total. The molecular weight excluding hydrogens is 192 g/mol. The van der Waals surface area contributed by atoms with Crippen LogP contribution in [0.3, 0.4) is 0 Å². The minimum atomic E-state index is -0.773. The summed E-state index contributed by atoms with van der Waals surface area (Å²) in [6.45, 7) is 8.19. The van der Waals surface area contributed by atoms with Crippen molar-refractivity contribution in [2.75, 3.05) is 0 Å². The Morgan fingerprint density at radius 1 is 1.60 bits per heavy atom. The summed E-state index contributed by atoms with van der Waals surface area (Å²) in [4.78, 5) is 10.5. The molecule has 0 atom stereocenters. The summed E-state index contributed by atoms with van der Waals surface area (Å²) >= 11 is 0. The third-order valence-electron chi connectivity index (χ3n) is 2.42. The Hall–Kier alpha value is -1.58. The van der Waals surface area contributed by atoms with Crippen LogP contribution in [0.2, 0.25) is 0 Å². The second-order valence-corrected chi connectivity index (χ2v) is 3.51. The van der Waals surface area contributed by atoms with E-state index in [1.165, 1.54) is 0 Å². The Balaban J connectivity index is 2.87. The van der Waals surface area contributed by atoms with E-state index < -0.39 is 5.97 Å². The molecule has 1 aromatic heterocycles. The van der Waals surface area contributed by atoms with Gasteiger partial charge in [0, 0.05) is 12.1 Å². The van der Waals surface area contributed by atoms with E-state index in [0.29, 0.717) is 13.0 Å². The van der Waals surface area contributed by atoms with E-state index in [0.717, 1.165) is 17.0 Å². The molecule has 0 fully saturated rings. The van der Waals surface area contributed by atoms with Crippen molar-refractivity contribution in [2.24, 2.45) is 0 Å². The van der Waals surface area contributed by atoms with Crippen molar-refractivity contribution in [3.63, 3.8) is 0 Å². The van der Waals surface area contributed by atoms with E-state index in [9.17, 15) is 4.79 Å². The zero-order valence-corrected chi connectivity index (χ0v) is 9.16. The molecule has 0 amide bonds. The van der Waals surface area contributed by atoms with Crippen LogP contribution in [0.1, 0.15) is 23.4 Å². The number of nitrogens with zero attached hydrogens (tertiary/aromatic N) is 2. The molecule has 1 aromatic rings. The van der Waals surface area contributed by atoms with Crippen LogP contribution in [-0.4, -0.2) is 20.9 Å². The number of carboxylic acids is 1. The molecular formula is C11H16N2O2. The van der Waals surface area contributed by atoms with Gasteiger partial charge in [-0.2, -0.15) is 5.10 Å². The van der Waals surface area contributed by atoms with Crippen LogP contribution >= 0.6 is 0 Å². The molecule has 1 N–H and O–H groups in total. The van der Waals surface area contributed by atoms with Gasteiger partial charge in [0.2, 0.25) is 0 Å². The van der Waals surface area contributed by atoms with Crippen LogP contribution in [0.4, 0.5) is 0 Å². The van der Waals surface area contributed by atoms with Gasteiger partial charge in [0.15, 0.2) is 0 Å². The van der Waals surface area contributed by atoms with Crippen molar-refractivity contribution in [1.82, 2.24) is 9.78 Å². The summed E-state index contributed by atoms with van der Waals surface area (Å²) < 4.78 is 1.85. The van der Waals surface area contributed by atoms with Crippen LogP contribution in [0, 0.1) is 13.8 Å². The third-order valence-corrected chi connectivity index (χ3v) is 2.42. The number of aryl methyl sites for hydroxylation is 1. The highest BCUT2D eigenvalue weighted by Gasteiger charge is 2.11. The molecule has 0 bridgehead atoms. The number of carbonyl (C=O) groups is 1. The van der Waals surface area contributed by atoms with Crippen LogP contribution in [0.25, 0.3) is 0 Å². The molecule has 0 spiro atoms. The van der Waals surface area contributed by atoms with Crippen molar-refractivity contribution in [3.05, 3.63) is 29.6 Å². The Kier molecular flexibility index (Phi) is 3.66. The highest BCUT2D eigenvalue weighted by Crippen LogP contribution is 2.15. The lowest BCUT2D eigenvalue weighted by molar-refractivity contribution is -0.136. The van der Waals surface area contributed by atoms with E-state index >= 15 is 0 Å². The van der Waals surface area contributed by atoms with Crippen LogP contribution < -0.4 is 0 Å². The lowest BCUT2D eigenvalue weighted by atomic mass is 10.1. The molecule has 0 radical (unpaired) electrons. The Bertz CT molecular complexity index is 380. The Morgan fingerprint density at radius 3 is 2.80 bits per heavy atom. The molecule has 82 valence electrons. The Labute approximate surface area is 89.2 Å². The summed E-state index contributed by atoms with van der Waals surface area (Å²) in [5.41, 5.74) is 2.99. The number of allylic oxidation sites excluding steroid dienone is 1. The van der Waals surface area contributed by atoms with Gasteiger partial charge in [0.05, 0.1) is 12.2 Å². The van der Waals surface area contributed by atoms with Crippen molar-refractivity contribution in [3.8, 4) is 0 Å². The quantitative estimate of drug-likeness (QED) is 0.749. The largest absolute Gasteiger partial charge is 0.481 e. The summed E-state index contributed by atoms with van der Waals surface area (Å²) in [6, 6.07) is 0. The van der Waals surface area contributed by atoms with Gasteiger partial charge in [0.25, 0.3) is 0 Å². The highest BCUT2D eigenvalue weighted by molar-refractivity contribution is 5.67. The van der Waals surface area contributed by atoms with Crippen molar-refractivity contribution in [2.45, 2.75) is 33.2 Å². The first-order chi connectivity index (χ1) is 7.06. The van der Waals surface area contributed by atoms with Gasteiger partial charge in [-0.05, 0) is 25.8 Å². The molecule has 0 aliphatic rings. The maximum absolute atomic E-state index is 10.5. The standard InChI is InChI=1S/C11H16N2O2/c1-4-7-13-9(3)10(8(2)12-13)5-6-11(14)15/h4H,1,5-7H2,2-3H3,(H,14,15). The average Bonchev–Trinajstić information content (AvgIpc) is 2.40. The van der Waals surface area contributed by atoms with Gasteiger partial charge >= 0.3 is 5.97 Å². The molecule has 0 saturated carbocycles. The minimum absolute atomic E-state index is 0.154. The lowest BCUT2D eigenvalue weighted by Gasteiger charge is -2.01. The predicted molar refractivity (Wildman–Crippen MR) is 57.9 cm³/mol. The molecule has 4 heteroatoms. The van der Waals surface area contributed by atoms with Crippen LogP contribution in [0.5, 0.6) is 0 Å². The molecule has 0 unspecified atom stereocenters. The number of aliphatic carboxylic acids is 1. The van der Waals surface area contributed by atoms with Crippen molar-refractivity contribution in [1.29, 1.82) is 0 Å². The van der Waals surface area contributed by atoms with E-state index in [2.05, 4.69) is 11.7 Å². The van der Waals surface area contributed by atoms with Gasteiger partial charge in [-0.1, -0.05) is 6.08 Å². The smallest absolute Gasteiger partial charge is 0.303 e. The summed E-state index contributed by atoms with van der Waals surface area (Å²) in [5, 5.41) is 13.0. The fraction of sp³-hybridized carbons (Fsp3) is 0.455. The summed E-state index contributed by atoms with van der Waals surface area (Å²) in [5.74, 6) is -0.773. The second kappa shape index (κ2) is 4.77. The van der Waals surface area contributed by atoms with Crippen LogP contribution in [0.15, 0.2) is 12.7 Å². The second-order valence-electron chi connectivity index (χ2n) is 3.51. The highest BCUT2D eigenvalue weighted by atomic mass is 16.4. The normalized spacial score (nSPS) is 10.3. The van der Waals surface area contributed by atoms with Crippen LogP contribution in [-0.2, 0) is 17.8 Å². The molecule has 0 aliphatic carbocycles. The van der Waals surface area contributed by atoms with E-state index in [4.69, 9.17) is 5.11 Å². The fourth-order valence-corrected chi connectivity index (χ4v) is 1.63. The van der Waals surface area contributed by atoms with E-state index in [-0.39, 0.29) is 6.42 Å². The SMILES string of the molecule is C=CCn1nc(C)c(CCC(=O)O)c1C. The number of hydrogen-bond acceptors (Lipinski definition) is 2. The van der Waals surface area contributed by atoms with E-state index in [1.54, 1.807) is 6.08 Å². The number of rotatable bonds is 5. The molecule has 0 aromatic carbocycles. The zero-order chi connectivity index (χ0) is 11.4. The Morgan fingerprint density at radius 2 is 2.27 bits per heavy atom. The number of hydrogen-bond donors (Lipinski definition) is 1. The van der Waals surface area contributed by atoms with Gasteiger partial charge in [-0.25, -0.2) is 0 Å². The van der Waals surface area contributed by atoms with Crippen molar-refractivity contribution < 1.29 is 9.90 Å². The monoisotopic (exact) mass is 208 g/mol. The number of aromatic nitrogens is 2. The molecule has 0 saturated heterocycles. The van der Waals surface area contributed by atoms with Gasteiger partial charge in [0.1, 0.15) is 0 Å². The molecule has 1 rings (SSSR count). The van der Waals surface area contributed by atoms with Gasteiger partial charge in [-0.15, -0.1) is 6.58 Å². The summed E-state index contributed by atoms with van der Waals surface area (Å²) in [6.07, 6.45) is 2.48. The molecule has 15 heavy (non-hydrogen) atoms. The van der Waals surface area contributed by atoms with Crippen molar-refractivity contribution >= 4 is 5.97 Å². The zero-order valence-electron chi connectivity index (χ0n) is 9.16. The first-order valence-corrected chi connectivity index (χ1v) is 4.91. The van der Waals surface area contributed by atoms with Gasteiger partial charge < -0.3 is 5.11 Å². The number of carboxylic acid groups (broad SMARTS) is 1. The first-order valence-electron chi connectivity index (χ1n) is 4.91. The average molecular weight is 208 g/mol. The first kappa shape index (κ1) is 11.5. The maximum atomic E-state index is 10.5. The third kappa shape index (κ3) is 2.68. The predicted octanol–water partition coefficient (Wildman–Crippen LogP) is 1.70. The van der Waals surface area contributed by atoms with E-state index in [1.807, 2.05) is 18.5 Å². The lowest BCUT2D eigenvalue weighted by Crippen LogP contribution is -2.02. The van der Waals surface area contributed by atoms with Gasteiger partial charge in [-0.3, -0.25) is 9.48 Å². The fourth-order valence-electron chi connectivity index (χ4n) is 1.63. The molecule has 0 aliphatic heterocycles.